The van der Waals surface area contributed by atoms with E-state index in [0.29, 0.717) is 54.6 Å². The number of hydrogen-bond acceptors (Lipinski definition) is 20. The van der Waals surface area contributed by atoms with Crippen LogP contribution in [0.2, 0.25) is 18.1 Å². The molecule has 598 valence electrons. The molecule has 6 rings (SSSR count). The van der Waals surface area contributed by atoms with Gasteiger partial charge in [-0.15, -0.1) is 0 Å². The molecule has 4 aromatic rings. The molecule has 0 radical (unpaired) electrons. The number of methoxy groups -OCH3 is 2. The number of aliphatic hydroxyl groups is 1. The molecule has 0 aliphatic carbocycles. The van der Waals surface area contributed by atoms with Crippen molar-refractivity contribution in [2.24, 2.45) is 11.8 Å². The summed E-state index contributed by atoms with van der Waals surface area (Å²) in [5, 5.41) is 31.3. The van der Waals surface area contributed by atoms with Crippen LogP contribution in [0.25, 0.3) is 0 Å². The van der Waals surface area contributed by atoms with Gasteiger partial charge in [0.2, 0.25) is 23.6 Å². The Balaban J connectivity index is 1.11. The Morgan fingerprint density at radius 1 is 0.527 bits per heavy atom. The van der Waals surface area contributed by atoms with Crippen LogP contribution in [-0.4, -0.2) is 173 Å². The molecule has 0 fully saturated rings. The molecule has 9 N–H and O–H groups in total. The van der Waals surface area contributed by atoms with Crippen molar-refractivity contribution in [3.8, 4) is 23.0 Å². The number of nitrogens with zero attached hydrogens (tertiary/aromatic N) is 2. The first-order valence-corrected chi connectivity index (χ1v) is 39.3. The maximum atomic E-state index is 14.9. The molecule has 0 bridgehead atoms. The van der Waals surface area contributed by atoms with E-state index in [1.54, 1.807) is 93.5 Å². The van der Waals surface area contributed by atoms with Crippen LogP contribution in [0.5, 0.6) is 23.0 Å². The van der Waals surface area contributed by atoms with Gasteiger partial charge in [-0.25, -0.2) is 19.2 Å². The van der Waals surface area contributed by atoms with E-state index in [4.69, 9.17) is 42.3 Å². The Bertz CT molecular complexity index is 3990. The lowest BCUT2D eigenvalue weighted by molar-refractivity contribution is -0.128. The van der Waals surface area contributed by atoms with Crippen molar-refractivity contribution in [2.45, 2.75) is 176 Å². The third-order valence-electron chi connectivity index (χ3n) is 18.4. The first kappa shape index (κ1) is 88.0. The molecule has 6 atom stereocenters. The number of amides is 10. The summed E-state index contributed by atoms with van der Waals surface area (Å²) >= 11 is 0. The standard InChI is InChI=1S/C79H108N10O20Si/c1-18-31-105-77(99)86-67(47(3)4)71(93)80-51(9)69(91)82-55-27-23-53(24-28-55)44-107-75(97)84-61-39-65(63(101-14)37-59(61)73(95)88-41-49(7)35-57(88)43-90)103-33-21-20-22-34-104-66-40-62(60(38-64(66)102-15)74(96)89-42-50(8)36-58(89)46-109-110(16,17)79(11,12)13)85-76(98)108-45-54-25-29-56(30-26-54)83-70(92)52(10)81-72(94)68(48(5)6)87-78(100)106-32-19-2/h18-19,23-30,37-42,47-48,51-52,57-58,67-68,90H,1-2,20-22,31-36,43-46H2,3-17H3,(H,80,93)(H,81,94)(H,82,91)(H,83,92)(H,84,97)(H,85,98)(H,86,99)(H,87,100)/t51-,52-,57-,58-,67-,68-/m0/s1. The van der Waals surface area contributed by atoms with Gasteiger partial charge in [0.1, 0.15) is 50.6 Å². The number of unbranched alkanes of at least 4 members (excludes halogenated alkanes) is 2. The molecule has 31 heteroatoms. The van der Waals surface area contributed by atoms with Gasteiger partial charge in [0.05, 0.1) is 75.2 Å². The van der Waals surface area contributed by atoms with Gasteiger partial charge in [-0.2, -0.15) is 0 Å². The van der Waals surface area contributed by atoms with Crippen molar-refractivity contribution >= 4 is 90.9 Å². The van der Waals surface area contributed by atoms with E-state index in [1.807, 2.05) is 13.8 Å². The van der Waals surface area contributed by atoms with E-state index < -0.39 is 98.3 Å². The van der Waals surface area contributed by atoms with E-state index in [1.165, 1.54) is 69.4 Å². The van der Waals surface area contributed by atoms with E-state index in [-0.39, 0.29) is 121 Å². The van der Waals surface area contributed by atoms with Crippen LogP contribution in [0.4, 0.5) is 41.9 Å². The second-order valence-corrected chi connectivity index (χ2v) is 33.8. The summed E-state index contributed by atoms with van der Waals surface area (Å²) in [4.78, 5) is 137. The third kappa shape index (κ3) is 25.9. The average Bonchev–Trinajstić information content (AvgIpc) is 1.48. The van der Waals surface area contributed by atoms with Gasteiger partial charge >= 0.3 is 24.4 Å². The number of hydrogen-bond donors (Lipinski definition) is 9. The first-order chi connectivity index (χ1) is 52.1. The molecular formula is C79H108N10O20Si. The van der Waals surface area contributed by atoms with Crippen LogP contribution in [0, 0.1) is 11.8 Å². The highest BCUT2D eigenvalue weighted by molar-refractivity contribution is 6.74. The zero-order chi connectivity index (χ0) is 81.2. The van der Waals surface area contributed by atoms with E-state index in [9.17, 15) is 53.1 Å². The van der Waals surface area contributed by atoms with Crippen molar-refractivity contribution in [2.75, 3.05) is 75.1 Å². The molecule has 0 unspecified atom stereocenters. The molecular weight excluding hydrogens is 1440 g/mol. The molecule has 2 heterocycles. The lowest BCUT2D eigenvalue weighted by Crippen LogP contribution is -2.53. The largest absolute Gasteiger partial charge is 0.493 e. The smallest absolute Gasteiger partial charge is 0.411 e. The minimum Gasteiger partial charge on any atom is -0.493 e. The number of carbonyl (C=O) groups excluding carboxylic acids is 10. The fourth-order valence-electron chi connectivity index (χ4n) is 11.1. The van der Waals surface area contributed by atoms with Gasteiger partial charge in [-0.1, -0.05) is 109 Å². The molecule has 0 spiro atoms. The van der Waals surface area contributed by atoms with Crippen molar-refractivity contribution in [3.05, 3.63) is 144 Å². The van der Waals surface area contributed by atoms with Crippen molar-refractivity contribution in [1.82, 2.24) is 31.1 Å². The molecule has 110 heavy (non-hydrogen) atoms. The predicted molar refractivity (Wildman–Crippen MR) is 417 cm³/mol. The van der Waals surface area contributed by atoms with Gasteiger partial charge in [0, 0.05) is 35.9 Å². The summed E-state index contributed by atoms with van der Waals surface area (Å²) in [6, 6.07) is 13.9. The predicted octanol–water partition coefficient (Wildman–Crippen LogP) is 11.8. The van der Waals surface area contributed by atoms with E-state index in [0.717, 1.165) is 11.1 Å². The van der Waals surface area contributed by atoms with Crippen LogP contribution in [0.15, 0.2) is 122 Å². The van der Waals surface area contributed by atoms with E-state index in [2.05, 4.69) is 89.6 Å². The van der Waals surface area contributed by atoms with Crippen LogP contribution in [-0.2, 0) is 55.8 Å². The number of carbonyl (C=O) groups is 10. The minimum atomic E-state index is -2.24. The van der Waals surface area contributed by atoms with Crippen LogP contribution in [0.1, 0.15) is 140 Å². The Kier molecular flexibility index (Phi) is 33.3. The van der Waals surface area contributed by atoms with Crippen LogP contribution in [0.3, 0.4) is 0 Å². The summed E-state index contributed by atoms with van der Waals surface area (Å²) < 4.78 is 52.0. The topological polar surface area (TPSA) is 377 Å². The Labute approximate surface area is 644 Å². The van der Waals surface area contributed by atoms with Gasteiger partial charge in [0.15, 0.2) is 31.3 Å². The number of benzene rings is 4. The highest BCUT2D eigenvalue weighted by Gasteiger charge is 2.40. The summed E-state index contributed by atoms with van der Waals surface area (Å²) in [7, 11) is 0.600. The van der Waals surface area contributed by atoms with Gasteiger partial charge in [-0.3, -0.25) is 39.4 Å². The fourth-order valence-corrected chi connectivity index (χ4v) is 12.2. The van der Waals surface area contributed by atoms with Gasteiger partial charge in [-0.05, 0) is 137 Å². The third-order valence-corrected chi connectivity index (χ3v) is 22.9. The number of nitrogens with one attached hydrogen (secondary N) is 8. The summed E-state index contributed by atoms with van der Waals surface area (Å²) in [6.45, 7) is 31.1. The zero-order valence-corrected chi connectivity index (χ0v) is 66.6. The van der Waals surface area contributed by atoms with Crippen molar-refractivity contribution < 1.29 is 95.4 Å². The maximum absolute atomic E-state index is 14.9. The van der Waals surface area contributed by atoms with Gasteiger partial charge in [0.25, 0.3) is 11.8 Å². The second kappa shape index (κ2) is 41.6. The molecule has 0 aromatic heterocycles. The molecule has 2 aliphatic heterocycles. The second-order valence-electron chi connectivity index (χ2n) is 28.9. The first-order valence-electron chi connectivity index (χ1n) is 36.4. The number of anilines is 4. The SMILES string of the molecule is C=CCOC(=O)N[C@H](C(=O)N[C@@H](C)C(=O)Nc1ccc(COC(=O)Nc2cc(OCCCCCOc3cc(NC(=O)OCc4ccc(NC(=O)[C@H](C)NC(=O)[C@@H](NC(=O)OCC=C)C(C)C)cc4)c(C(=O)N4C=C(C)C[C@H]4CO[Si](C)(C)C(C)(C)C)cc3OC)c(OC)cc2C(=O)N2C=C(C)C[C@H]2CO)cc1)C(C)C. The van der Waals surface area contributed by atoms with Crippen LogP contribution < -0.4 is 61.5 Å². The molecule has 30 nitrogen and oxygen atoms in total. The van der Waals surface area contributed by atoms with Gasteiger partial charge < -0.3 is 89.1 Å². The Morgan fingerprint density at radius 2 is 0.918 bits per heavy atom. The molecule has 0 saturated heterocycles. The summed E-state index contributed by atoms with van der Waals surface area (Å²) in [5.74, 6) is -3.10. The highest BCUT2D eigenvalue weighted by Crippen LogP contribution is 2.40. The normalized spacial score (nSPS) is 15.1. The zero-order valence-electron chi connectivity index (χ0n) is 65.6. The monoisotopic (exact) mass is 1540 g/mol. The molecule has 0 saturated carbocycles. The minimum absolute atomic E-state index is 0.0186. The summed E-state index contributed by atoms with van der Waals surface area (Å²) in [6.07, 6.45) is 5.29. The molecule has 10 amide bonds. The number of aliphatic hydroxyl groups excluding tert-OH is 1. The van der Waals surface area contributed by atoms with E-state index >= 15 is 0 Å². The Morgan fingerprint density at radius 3 is 1.28 bits per heavy atom. The number of ether oxygens (including phenoxy) is 8. The maximum Gasteiger partial charge on any atom is 0.411 e. The lowest BCUT2D eigenvalue weighted by Gasteiger charge is -2.38. The quantitative estimate of drug-likeness (QED) is 0.00871. The highest BCUT2D eigenvalue weighted by atomic mass is 28.4. The molecule has 4 aromatic carbocycles. The molecule has 2 aliphatic rings. The average molecular weight is 1550 g/mol. The summed E-state index contributed by atoms with van der Waals surface area (Å²) in [5.41, 5.74) is 3.86. The van der Waals surface area contributed by atoms with Crippen LogP contribution >= 0.6 is 0 Å². The Hall–Kier alpha value is -10.9. The van der Waals surface area contributed by atoms with Crippen molar-refractivity contribution in [3.63, 3.8) is 0 Å². The lowest BCUT2D eigenvalue weighted by atomic mass is 10.0. The number of rotatable bonds is 38. The van der Waals surface area contributed by atoms with Crippen molar-refractivity contribution in [1.29, 1.82) is 0 Å². The number of alkyl carbamates (subject to hydrolysis) is 2. The fraction of sp³-hybridized carbons (Fsp3) is 0.468.